The molecule has 0 spiro atoms. The van der Waals surface area contributed by atoms with E-state index in [-0.39, 0.29) is 17.8 Å². The fourth-order valence-electron chi connectivity index (χ4n) is 4.61. The number of halogens is 3. The van der Waals surface area contributed by atoms with Crippen molar-refractivity contribution >= 4 is 22.6 Å². The number of aromatic nitrogens is 2. The average molecular weight is 523 g/mol. The van der Waals surface area contributed by atoms with Crippen LogP contribution in [0.5, 0.6) is 0 Å². The van der Waals surface area contributed by atoms with Gasteiger partial charge >= 0.3 is 12.2 Å². The lowest BCUT2D eigenvalue weighted by Gasteiger charge is -2.32. The zero-order valence-corrected chi connectivity index (χ0v) is 21.2. The number of amides is 2. The molecule has 0 bridgehead atoms. The number of anilines is 1. The second kappa shape index (κ2) is 11.5. The first-order valence-electron chi connectivity index (χ1n) is 12.5. The van der Waals surface area contributed by atoms with Crippen LogP contribution in [0.25, 0.3) is 10.9 Å². The highest BCUT2D eigenvalue weighted by atomic mass is 19.4. The Kier molecular flexibility index (Phi) is 8.14. The van der Waals surface area contributed by atoms with Gasteiger partial charge in [-0.2, -0.15) is 13.2 Å². The number of hydrogen-bond acceptors (Lipinski definition) is 3. The van der Waals surface area contributed by atoms with Gasteiger partial charge in [-0.3, -0.25) is 9.36 Å². The molecule has 2 amide bonds. The van der Waals surface area contributed by atoms with E-state index in [2.05, 4.69) is 5.32 Å². The molecule has 0 saturated carbocycles. The summed E-state index contributed by atoms with van der Waals surface area (Å²) in [5.74, 6) is 0.394. The predicted molar refractivity (Wildman–Crippen MR) is 142 cm³/mol. The van der Waals surface area contributed by atoms with Crippen LogP contribution in [0.15, 0.2) is 83.7 Å². The van der Waals surface area contributed by atoms with Crippen LogP contribution in [0.3, 0.4) is 0 Å². The molecule has 6 nitrogen and oxygen atoms in total. The number of alkyl halides is 3. The van der Waals surface area contributed by atoms with E-state index >= 15 is 0 Å². The molecular formula is C29H29F3N4O2. The van der Waals surface area contributed by atoms with E-state index in [1.54, 1.807) is 24.3 Å². The van der Waals surface area contributed by atoms with E-state index in [1.165, 1.54) is 27.7 Å². The van der Waals surface area contributed by atoms with Crippen molar-refractivity contribution < 1.29 is 18.0 Å². The van der Waals surface area contributed by atoms with Crippen molar-refractivity contribution in [2.75, 3.05) is 11.9 Å². The van der Waals surface area contributed by atoms with E-state index in [0.29, 0.717) is 36.1 Å². The molecule has 0 saturated heterocycles. The van der Waals surface area contributed by atoms with Gasteiger partial charge in [-0.1, -0.05) is 61.5 Å². The quantitative estimate of drug-likeness (QED) is 0.281. The number of benzene rings is 3. The van der Waals surface area contributed by atoms with Gasteiger partial charge in [0.05, 0.1) is 28.2 Å². The Hall–Kier alpha value is -4.14. The summed E-state index contributed by atoms with van der Waals surface area (Å²) < 4.78 is 42.4. The molecule has 1 N–H and O–H groups in total. The van der Waals surface area contributed by atoms with Crippen molar-refractivity contribution in [1.29, 1.82) is 0 Å². The number of nitrogens with one attached hydrogen (secondary N) is 1. The highest BCUT2D eigenvalue weighted by Gasteiger charge is 2.35. The minimum absolute atomic E-state index is 0.203. The number of carbonyl (C=O) groups excluding carboxylic acids is 1. The van der Waals surface area contributed by atoms with Crippen LogP contribution in [0.1, 0.15) is 43.3 Å². The Morgan fingerprint density at radius 3 is 2.32 bits per heavy atom. The Labute approximate surface area is 218 Å². The Bertz CT molecular complexity index is 1470. The van der Waals surface area contributed by atoms with E-state index in [4.69, 9.17) is 4.98 Å². The largest absolute Gasteiger partial charge is 0.418 e. The molecule has 1 unspecified atom stereocenters. The molecule has 3 aromatic carbocycles. The first kappa shape index (κ1) is 26.9. The van der Waals surface area contributed by atoms with Crippen LogP contribution >= 0.6 is 0 Å². The third-order valence-electron chi connectivity index (χ3n) is 6.49. The summed E-state index contributed by atoms with van der Waals surface area (Å²) in [6.45, 7) is 4.21. The van der Waals surface area contributed by atoms with Crippen molar-refractivity contribution in [3.8, 4) is 0 Å². The van der Waals surface area contributed by atoms with Gasteiger partial charge in [-0.25, -0.2) is 9.78 Å². The lowest BCUT2D eigenvalue weighted by Crippen LogP contribution is -2.42. The standard InChI is InChI=1S/C29H29F3N4O2/c1-3-25(26-33-23-16-10-8-14-21(23)27(37)35(26)4-2)36(19-18-20-12-6-5-7-13-20)28(38)34-24-17-11-9-15-22(24)29(30,31)32/h5-17,25H,3-4,18-19H2,1-2H3,(H,34,38). The van der Waals surface area contributed by atoms with Gasteiger partial charge in [0.2, 0.25) is 0 Å². The second-order valence-electron chi connectivity index (χ2n) is 8.86. The zero-order chi connectivity index (χ0) is 27.3. The second-order valence-corrected chi connectivity index (χ2v) is 8.86. The third kappa shape index (κ3) is 5.72. The maximum atomic E-state index is 13.7. The molecule has 1 aromatic heterocycles. The molecular weight excluding hydrogens is 493 g/mol. The highest BCUT2D eigenvalue weighted by Crippen LogP contribution is 2.35. The normalized spacial score (nSPS) is 12.3. The summed E-state index contributed by atoms with van der Waals surface area (Å²) in [5.41, 5.74) is -0.0170. The maximum Gasteiger partial charge on any atom is 0.418 e. The van der Waals surface area contributed by atoms with Crippen LogP contribution in [0.4, 0.5) is 23.7 Å². The monoisotopic (exact) mass is 522 g/mol. The molecule has 0 aliphatic rings. The van der Waals surface area contributed by atoms with Crippen LogP contribution in [0, 0.1) is 0 Å². The fourth-order valence-corrected chi connectivity index (χ4v) is 4.61. The molecule has 9 heteroatoms. The summed E-state index contributed by atoms with van der Waals surface area (Å²) in [4.78, 5) is 33.2. The number of para-hydroxylation sites is 2. The lowest BCUT2D eigenvalue weighted by molar-refractivity contribution is -0.136. The highest BCUT2D eigenvalue weighted by molar-refractivity contribution is 5.90. The van der Waals surface area contributed by atoms with Crippen LogP contribution in [0.2, 0.25) is 0 Å². The third-order valence-corrected chi connectivity index (χ3v) is 6.49. The van der Waals surface area contributed by atoms with E-state index in [0.717, 1.165) is 11.6 Å². The topological polar surface area (TPSA) is 67.2 Å². The van der Waals surface area contributed by atoms with Gasteiger partial charge in [0.1, 0.15) is 5.82 Å². The molecule has 4 rings (SSSR count). The molecule has 0 aliphatic heterocycles. The van der Waals surface area contributed by atoms with E-state index < -0.39 is 23.8 Å². The molecule has 0 radical (unpaired) electrons. The fraction of sp³-hybridized carbons (Fsp3) is 0.276. The van der Waals surface area contributed by atoms with Crippen molar-refractivity contribution in [3.63, 3.8) is 0 Å². The Morgan fingerprint density at radius 2 is 1.63 bits per heavy atom. The van der Waals surface area contributed by atoms with Crippen molar-refractivity contribution in [3.05, 3.63) is 106 Å². The van der Waals surface area contributed by atoms with Crippen LogP contribution in [-0.2, 0) is 19.1 Å². The van der Waals surface area contributed by atoms with Crippen molar-refractivity contribution in [2.24, 2.45) is 0 Å². The summed E-state index contributed by atoms with van der Waals surface area (Å²) >= 11 is 0. The van der Waals surface area contributed by atoms with Crippen molar-refractivity contribution in [2.45, 2.75) is 45.5 Å². The summed E-state index contributed by atoms with van der Waals surface area (Å²) in [6.07, 6.45) is -3.77. The zero-order valence-electron chi connectivity index (χ0n) is 21.2. The molecule has 4 aromatic rings. The minimum atomic E-state index is -4.63. The molecule has 0 fully saturated rings. The number of carbonyl (C=O) groups is 1. The number of rotatable bonds is 8. The predicted octanol–water partition coefficient (Wildman–Crippen LogP) is 6.66. The molecule has 1 atom stereocenters. The van der Waals surface area contributed by atoms with Gasteiger partial charge < -0.3 is 10.2 Å². The number of nitrogens with zero attached hydrogens (tertiary/aromatic N) is 3. The molecule has 198 valence electrons. The van der Waals surface area contributed by atoms with E-state index in [9.17, 15) is 22.8 Å². The lowest BCUT2D eigenvalue weighted by atomic mass is 10.1. The summed E-state index contributed by atoms with van der Waals surface area (Å²) in [6, 6.07) is 20.0. The average Bonchev–Trinajstić information content (AvgIpc) is 2.91. The minimum Gasteiger partial charge on any atom is -0.314 e. The van der Waals surface area contributed by atoms with Gasteiger partial charge in [0, 0.05) is 13.1 Å². The smallest absolute Gasteiger partial charge is 0.314 e. The van der Waals surface area contributed by atoms with Crippen molar-refractivity contribution in [1.82, 2.24) is 14.5 Å². The Balaban J connectivity index is 1.78. The first-order valence-corrected chi connectivity index (χ1v) is 12.5. The maximum absolute atomic E-state index is 13.7. The van der Waals surface area contributed by atoms with Crippen LogP contribution in [-0.4, -0.2) is 27.0 Å². The van der Waals surface area contributed by atoms with Gasteiger partial charge in [-0.15, -0.1) is 0 Å². The van der Waals surface area contributed by atoms with Gasteiger partial charge in [-0.05, 0) is 49.6 Å². The first-order chi connectivity index (χ1) is 18.2. The number of hydrogen-bond donors (Lipinski definition) is 1. The van der Waals surface area contributed by atoms with Crippen LogP contribution < -0.4 is 10.9 Å². The number of urea groups is 1. The van der Waals surface area contributed by atoms with E-state index in [1.807, 2.05) is 44.2 Å². The summed E-state index contributed by atoms with van der Waals surface area (Å²) in [7, 11) is 0. The Morgan fingerprint density at radius 1 is 0.974 bits per heavy atom. The van der Waals surface area contributed by atoms with Gasteiger partial charge in [0.25, 0.3) is 5.56 Å². The molecule has 38 heavy (non-hydrogen) atoms. The summed E-state index contributed by atoms with van der Waals surface area (Å²) in [5, 5.41) is 2.94. The molecule has 0 aliphatic carbocycles. The van der Waals surface area contributed by atoms with Gasteiger partial charge in [0.15, 0.2) is 0 Å². The number of fused-ring (bicyclic) bond motifs is 1. The molecule has 1 heterocycles. The SMILES string of the molecule is CCC(c1nc2ccccc2c(=O)n1CC)N(CCc1ccccc1)C(=O)Nc1ccccc1C(F)(F)F.